The number of sulfonamides is 1. The summed E-state index contributed by atoms with van der Waals surface area (Å²) >= 11 is 1.05. The number of thiazole rings is 1. The molecule has 0 bridgehead atoms. The van der Waals surface area contributed by atoms with Gasteiger partial charge in [0.2, 0.25) is 15.9 Å². The lowest BCUT2D eigenvalue weighted by atomic mass is 9.89. The molecule has 1 aliphatic rings. The van der Waals surface area contributed by atoms with Crippen molar-refractivity contribution in [1.29, 1.82) is 0 Å². The van der Waals surface area contributed by atoms with E-state index in [0.717, 1.165) is 23.6 Å². The Labute approximate surface area is 214 Å². The molecule has 1 aliphatic carbocycles. The Morgan fingerprint density at radius 3 is 2.54 bits per heavy atom. The molecule has 0 atom stereocenters. The number of hydrogen-bond donors (Lipinski definition) is 2. The van der Waals surface area contributed by atoms with E-state index < -0.39 is 45.2 Å². The maximum absolute atomic E-state index is 14.9. The van der Waals surface area contributed by atoms with E-state index in [9.17, 15) is 30.8 Å². The lowest BCUT2D eigenvalue weighted by Crippen LogP contribution is -2.35. The first kappa shape index (κ1) is 26.8. The van der Waals surface area contributed by atoms with Crippen LogP contribution in [0.4, 0.5) is 28.4 Å². The first-order valence-corrected chi connectivity index (χ1v) is 13.4. The van der Waals surface area contributed by atoms with Gasteiger partial charge in [0, 0.05) is 17.1 Å². The highest BCUT2D eigenvalue weighted by Gasteiger charge is 2.37. The summed E-state index contributed by atoms with van der Waals surface area (Å²) in [5.74, 6) is -1.49. The van der Waals surface area contributed by atoms with E-state index in [0.29, 0.717) is 29.7 Å². The number of hydrogen-bond acceptors (Lipinski definition) is 7. The number of carbonyl (C=O) groups is 1. The van der Waals surface area contributed by atoms with Crippen LogP contribution in [-0.4, -0.2) is 42.3 Å². The fourth-order valence-corrected chi connectivity index (χ4v) is 5.68. The van der Waals surface area contributed by atoms with Gasteiger partial charge in [-0.05, 0) is 50.5 Å². The van der Waals surface area contributed by atoms with Crippen LogP contribution in [0.3, 0.4) is 0 Å². The van der Waals surface area contributed by atoms with Gasteiger partial charge in [0.05, 0.1) is 28.2 Å². The minimum absolute atomic E-state index is 0.121. The van der Waals surface area contributed by atoms with Gasteiger partial charge in [-0.3, -0.25) is 14.5 Å². The van der Waals surface area contributed by atoms with Crippen LogP contribution in [0.1, 0.15) is 32.4 Å². The molecule has 0 unspecified atom stereocenters. The van der Waals surface area contributed by atoms with Crippen LogP contribution in [0.2, 0.25) is 0 Å². The fourth-order valence-electron chi connectivity index (χ4n) is 3.20. The van der Waals surface area contributed by atoms with E-state index >= 15 is 0 Å². The number of rotatable bonds is 9. The van der Waals surface area contributed by atoms with Crippen LogP contribution in [0, 0.1) is 5.82 Å². The minimum Gasteiger partial charge on any atom is -0.482 e. The average Bonchev–Trinajstić information content (AvgIpc) is 3.59. The number of benzene rings is 1. The molecule has 3 aromatic rings. The van der Waals surface area contributed by atoms with Gasteiger partial charge in [-0.15, -0.1) is 11.3 Å². The molecule has 8 nitrogen and oxygen atoms in total. The number of anilines is 2. The molecule has 0 aliphatic heterocycles. The summed E-state index contributed by atoms with van der Waals surface area (Å²) < 4.78 is 83.4. The molecule has 1 amide bonds. The van der Waals surface area contributed by atoms with E-state index in [2.05, 4.69) is 24.7 Å². The molecular weight excluding hydrogens is 536 g/mol. The normalized spacial score (nSPS) is 14.3. The van der Waals surface area contributed by atoms with Gasteiger partial charge < -0.3 is 10.1 Å². The van der Waals surface area contributed by atoms with Crippen LogP contribution < -0.4 is 14.8 Å². The molecule has 198 valence electrons. The lowest BCUT2D eigenvalue weighted by molar-refractivity contribution is -0.153. The highest BCUT2D eigenvalue weighted by Crippen LogP contribution is 2.33. The van der Waals surface area contributed by atoms with Crippen LogP contribution in [0.15, 0.2) is 42.0 Å². The SMILES string of the molecule is CC(C)(C(=O)Nc1ccc(-c2cncc(OCC(F)(F)F)c2)cc1F)c1csc(NS(=O)(=O)C2CC2)n1. The Balaban J connectivity index is 1.45. The standard InChI is InChI=1S/C23H22F4N4O4S2/c1-22(2,19-11-36-21(30-19)31-37(33,34)16-4-5-16)20(32)29-18-6-3-13(8-17(18)24)14-7-15(10-28-9-14)35-12-23(25,26)27/h3,6-11,16H,4-5,12H2,1-2H3,(H,29,32)(H,30,31). The number of pyridine rings is 1. The van der Waals surface area contributed by atoms with Gasteiger partial charge in [-0.1, -0.05) is 6.07 Å². The number of amides is 1. The third-order valence-electron chi connectivity index (χ3n) is 5.57. The Morgan fingerprint density at radius 2 is 1.89 bits per heavy atom. The Kier molecular flexibility index (Phi) is 7.16. The van der Waals surface area contributed by atoms with E-state index in [1.165, 1.54) is 24.4 Å². The highest BCUT2D eigenvalue weighted by atomic mass is 32.2. The monoisotopic (exact) mass is 558 g/mol. The molecule has 0 saturated heterocycles. The summed E-state index contributed by atoms with van der Waals surface area (Å²) in [5, 5.41) is 3.79. The van der Waals surface area contributed by atoms with E-state index in [-0.39, 0.29) is 16.6 Å². The lowest BCUT2D eigenvalue weighted by Gasteiger charge is -2.22. The zero-order chi connectivity index (χ0) is 27.0. The molecule has 14 heteroatoms. The number of nitrogens with zero attached hydrogens (tertiary/aromatic N) is 2. The third-order valence-corrected chi connectivity index (χ3v) is 8.29. The molecule has 1 fully saturated rings. The topological polar surface area (TPSA) is 110 Å². The Morgan fingerprint density at radius 1 is 1.16 bits per heavy atom. The molecule has 2 heterocycles. The first-order chi connectivity index (χ1) is 17.2. The zero-order valence-electron chi connectivity index (χ0n) is 19.6. The Bertz CT molecular complexity index is 1420. The number of aromatic nitrogens is 2. The van der Waals surface area contributed by atoms with Crippen molar-refractivity contribution in [3.8, 4) is 16.9 Å². The summed E-state index contributed by atoms with van der Waals surface area (Å²) in [6, 6.07) is 5.20. The highest BCUT2D eigenvalue weighted by molar-refractivity contribution is 7.93. The van der Waals surface area contributed by atoms with Crippen molar-refractivity contribution in [3.63, 3.8) is 0 Å². The molecule has 2 aromatic heterocycles. The van der Waals surface area contributed by atoms with Crippen molar-refractivity contribution in [1.82, 2.24) is 9.97 Å². The van der Waals surface area contributed by atoms with Crippen molar-refractivity contribution in [3.05, 3.63) is 53.6 Å². The van der Waals surface area contributed by atoms with Crippen LogP contribution >= 0.6 is 11.3 Å². The van der Waals surface area contributed by atoms with Crippen molar-refractivity contribution in [2.75, 3.05) is 16.6 Å². The van der Waals surface area contributed by atoms with Gasteiger partial charge >= 0.3 is 6.18 Å². The van der Waals surface area contributed by atoms with Crippen LogP contribution in [0.5, 0.6) is 5.75 Å². The summed E-state index contributed by atoms with van der Waals surface area (Å²) in [6.45, 7) is 1.65. The second kappa shape index (κ2) is 9.89. The largest absolute Gasteiger partial charge is 0.482 e. The fraction of sp³-hybridized carbons (Fsp3) is 0.348. The number of halogens is 4. The van der Waals surface area contributed by atoms with Gasteiger partial charge in [0.1, 0.15) is 11.6 Å². The van der Waals surface area contributed by atoms with Crippen molar-refractivity contribution < 1.29 is 35.5 Å². The molecule has 1 saturated carbocycles. The number of carbonyl (C=O) groups excluding carboxylic acids is 1. The van der Waals surface area contributed by atoms with E-state index in [1.807, 2.05) is 0 Å². The molecule has 0 radical (unpaired) electrons. The Hall–Kier alpha value is -3.26. The molecule has 0 spiro atoms. The van der Waals surface area contributed by atoms with Gasteiger partial charge in [-0.2, -0.15) is 13.2 Å². The summed E-state index contributed by atoms with van der Waals surface area (Å²) in [7, 11) is -3.50. The number of nitrogens with one attached hydrogen (secondary N) is 2. The van der Waals surface area contributed by atoms with Gasteiger partial charge in [-0.25, -0.2) is 17.8 Å². The molecule has 4 rings (SSSR count). The predicted molar refractivity (Wildman–Crippen MR) is 131 cm³/mol. The second-order valence-electron chi connectivity index (χ2n) is 8.97. The van der Waals surface area contributed by atoms with Crippen molar-refractivity contribution in [2.24, 2.45) is 0 Å². The maximum Gasteiger partial charge on any atom is 0.422 e. The number of ether oxygens (including phenoxy) is 1. The van der Waals surface area contributed by atoms with E-state index in [1.54, 1.807) is 19.2 Å². The molecule has 1 aromatic carbocycles. The average molecular weight is 559 g/mol. The second-order valence-corrected chi connectivity index (χ2v) is 11.8. The third kappa shape index (κ3) is 6.55. The maximum atomic E-state index is 14.9. The molecule has 37 heavy (non-hydrogen) atoms. The smallest absolute Gasteiger partial charge is 0.422 e. The predicted octanol–water partition coefficient (Wildman–Crippen LogP) is 5.11. The van der Waals surface area contributed by atoms with Crippen molar-refractivity contribution >= 4 is 38.1 Å². The molecule has 2 N–H and O–H groups in total. The minimum atomic E-state index is -4.51. The molecular formula is C23H22F4N4O4S2. The van der Waals surface area contributed by atoms with Gasteiger partial charge in [0.15, 0.2) is 11.7 Å². The summed E-state index contributed by atoms with van der Waals surface area (Å²) in [4.78, 5) is 21.1. The van der Waals surface area contributed by atoms with Crippen molar-refractivity contribution in [2.45, 2.75) is 43.5 Å². The number of alkyl halides is 3. The van der Waals surface area contributed by atoms with E-state index in [4.69, 9.17) is 0 Å². The zero-order valence-corrected chi connectivity index (χ0v) is 21.2. The first-order valence-electron chi connectivity index (χ1n) is 11.0. The summed E-state index contributed by atoms with van der Waals surface area (Å²) in [6.07, 6.45) is -0.864. The van der Waals surface area contributed by atoms with Crippen LogP contribution in [-0.2, 0) is 20.2 Å². The summed E-state index contributed by atoms with van der Waals surface area (Å²) in [5.41, 5.74) is -0.405. The van der Waals surface area contributed by atoms with Crippen LogP contribution in [0.25, 0.3) is 11.1 Å². The van der Waals surface area contributed by atoms with Gasteiger partial charge in [0.25, 0.3) is 0 Å². The quantitative estimate of drug-likeness (QED) is 0.354.